The van der Waals surface area contributed by atoms with Gasteiger partial charge in [0.2, 0.25) is 0 Å². The Kier molecular flexibility index (Phi) is 5.90. The van der Waals surface area contributed by atoms with Gasteiger partial charge in [0.05, 0.1) is 16.3 Å². The van der Waals surface area contributed by atoms with Crippen molar-refractivity contribution in [2.24, 2.45) is 5.10 Å². The van der Waals surface area contributed by atoms with Crippen LogP contribution in [0.15, 0.2) is 52.4 Å². The van der Waals surface area contributed by atoms with E-state index in [1.165, 1.54) is 11.6 Å². The van der Waals surface area contributed by atoms with Crippen LogP contribution in [0, 0.1) is 10.1 Å². The van der Waals surface area contributed by atoms with E-state index in [0.717, 1.165) is 17.8 Å². The fourth-order valence-electron chi connectivity index (χ4n) is 1.77. The van der Waals surface area contributed by atoms with Gasteiger partial charge in [-0.2, -0.15) is 5.10 Å². The molecule has 108 valence electrons. The summed E-state index contributed by atoms with van der Waals surface area (Å²) in [6, 6.07) is 0. The second kappa shape index (κ2) is 7.43. The van der Waals surface area contributed by atoms with Gasteiger partial charge in [-0.05, 0) is 44.9 Å². The molecule has 0 aromatic rings. The van der Waals surface area contributed by atoms with Crippen molar-refractivity contribution >= 4 is 5.71 Å². The average molecular weight is 275 g/mol. The number of hydrogen-bond acceptors (Lipinski definition) is 4. The molecule has 0 aromatic carbocycles. The fourth-order valence-corrected chi connectivity index (χ4v) is 1.77. The number of hydrogen-bond donors (Lipinski definition) is 0. The Hall–Kier alpha value is -2.17. The van der Waals surface area contributed by atoms with Gasteiger partial charge in [-0.3, -0.25) is 15.1 Å². The summed E-state index contributed by atoms with van der Waals surface area (Å²) in [5.74, 6) is 0. The lowest BCUT2D eigenvalue weighted by Crippen LogP contribution is -2.12. The Morgan fingerprint density at radius 3 is 2.70 bits per heavy atom. The zero-order chi connectivity index (χ0) is 15.1. The van der Waals surface area contributed by atoms with Gasteiger partial charge in [-0.15, -0.1) is 0 Å². The van der Waals surface area contributed by atoms with Crippen LogP contribution < -0.4 is 0 Å². The third-order valence-corrected chi connectivity index (χ3v) is 2.76. The van der Waals surface area contributed by atoms with E-state index >= 15 is 0 Å². The third-order valence-electron chi connectivity index (χ3n) is 2.76. The van der Waals surface area contributed by atoms with Crippen LogP contribution in [0.5, 0.6) is 0 Å². The molecule has 5 nitrogen and oxygen atoms in total. The first-order chi connectivity index (χ1) is 9.43. The number of nitro groups is 1. The molecule has 0 bridgehead atoms. The van der Waals surface area contributed by atoms with Crippen molar-refractivity contribution in [3.8, 4) is 0 Å². The average Bonchev–Trinajstić information content (AvgIpc) is 2.62. The zero-order valence-electron chi connectivity index (χ0n) is 12.5. The highest BCUT2D eigenvalue weighted by Gasteiger charge is 2.10. The van der Waals surface area contributed by atoms with Crippen molar-refractivity contribution in [3.05, 3.63) is 57.5 Å². The first-order valence-electron chi connectivity index (χ1n) is 6.63. The Morgan fingerprint density at radius 1 is 1.45 bits per heavy atom. The summed E-state index contributed by atoms with van der Waals surface area (Å²) in [5.41, 5.74) is 3.15. The maximum absolute atomic E-state index is 10.7. The number of rotatable bonds is 5. The molecule has 0 saturated carbocycles. The summed E-state index contributed by atoms with van der Waals surface area (Å²) >= 11 is 0. The van der Waals surface area contributed by atoms with Crippen molar-refractivity contribution < 1.29 is 4.92 Å². The molecule has 0 unspecified atom stereocenters. The molecule has 5 heteroatoms. The lowest BCUT2D eigenvalue weighted by atomic mass is 10.2. The first kappa shape index (κ1) is 15.9. The number of allylic oxidation sites excluding steroid dienone is 6. The summed E-state index contributed by atoms with van der Waals surface area (Å²) in [5, 5.41) is 17.0. The van der Waals surface area contributed by atoms with E-state index in [1.54, 1.807) is 17.2 Å². The molecule has 0 aliphatic heterocycles. The predicted molar refractivity (Wildman–Crippen MR) is 81.8 cm³/mol. The Labute approximate surface area is 119 Å². The molecular weight excluding hydrogens is 254 g/mol. The summed E-state index contributed by atoms with van der Waals surface area (Å²) in [7, 11) is 1.85. The van der Waals surface area contributed by atoms with Crippen LogP contribution in [0.1, 0.15) is 33.6 Å². The lowest BCUT2D eigenvalue weighted by molar-refractivity contribution is -0.419. The van der Waals surface area contributed by atoms with E-state index in [1.807, 2.05) is 33.0 Å². The van der Waals surface area contributed by atoms with Crippen LogP contribution in [0.3, 0.4) is 0 Å². The minimum atomic E-state index is -0.378. The molecule has 0 heterocycles. The molecule has 0 spiro atoms. The molecule has 1 aliphatic rings. The van der Waals surface area contributed by atoms with Gasteiger partial charge < -0.3 is 0 Å². The minimum absolute atomic E-state index is 0.119. The van der Waals surface area contributed by atoms with Crippen LogP contribution in [0.2, 0.25) is 0 Å². The molecule has 20 heavy (non-hydrogen) atoms. The molecule has 0 atom stereocenters. The van der Waals surface area contributed by atoms with E-state index < -0.39 is 0 Å². The van der Waals surface area contributed by atoms with Gasteiger partial charge in [0.1, 0.15) is 0 Å². The molecule has 0 N–H and O–H groups in total. The van der Waals surface area contributed by atoms with E-state index in [-0.39, 0.29) is 10.6 Å². The van der Waals surface area contributed by atoms with Gasteiger partial charge in [-0.1, -0.05) is 18.6 Å². The second-order valence-corrected chi connectivity index (χ2v) is 4.77. The van der Waals surface area contributed by atoms with Crippen LogP contribution >= 0.6 is 0 Å². The number of nitrogens with zero attached hydrogens (tertiary/aromatic N) is 3. The summed E-state index contributed by atoms with van der Waals surface area (Å²) in [6.45, 7) is 6.11. The van der Waals surface area contributed by atoms with E-state index in [2.05, 4.69) is 12.0 Å². The predicted octanol–water partition coefficient (Wildman–Crippen LogP) is 3.65. The van der Waals surface area contributed by atoms with Gasteiger partial charge in [0.15, 0.2) is 0 Å². The molecule has 1 aliphatic carbocycles. The third kappa shape index (κ3) is 4.84. The van der Waals surface area contributed by atoms with Gasteiger partial charge in [0, 0.05) is 13.1 Å². The normalized spacial score (nSPS) is 15.1. The molecule has 0 amide bonds. The maximum Gasteiger partial charge on any atom is 0.265 e. The van der Waals surface area contributed by atoms with E-state index in [9.17, 15) is 10.1 Å². The summed E-state index contributed by atoms with van der Waals surface area (Å²) in [6.07, 6.45) is 10.2. The molecule has 0 radical (unpaired) electrons. The van der Waals surface area contributed by atoms with Crippen molar-refractivity contribution in [3.63, 3.8) is 0 Å². The molecule has 0 aromatic heterocycles. The van der Waals surface area contributed by atoms with Crippen LogP contribution in [0.25, 0.3) is 0 Å². The van der Waals surface area contributed by atoms with E-state index in [4.69, 9.17) is 0 Å². The fraction of sp³-hybridized carbons (Fsp3) is 0.400. The molecule has 0 saturated heterocycles. The lowest BCUT2D eigenvalue weighted by Gasteiger charge is -2.15. The quantitative estimate of drug-likeness (QED) is 0.437. The monoisotopic (exact) mass is 275 g/mol. The van der Waals surface area contributed by atoms with E-state index in [0.29, 0.717) is 6.42 Å². The Morgan fingerprint density at radius 2 is 2.15 bits per heavy atom. The topological polar surface area (TPSA) is 58.7 Å². The summed E-state index contributed by atoms with van der Waals surface area (Å²) in [4.78, 5) is 10.4. The maximum atomic E-state index is 10.7. The molecule has 1 rings (SSSR count). The van der Waals surface area contributed by atoms with Crippen LogP contribution in [0.4, 0.5) is 0 Å². The number of hydrazone groups is 1. The smallest absolute Gasteiger partial charge is 0.265 e. The van der Waals surface area contributed by atoms with Crippen molar-refractivity contribution in [1.82, 2.24) is 5.01 Å². The first-order valence-corrected chi connectivity index (χ1v) is 6.63. The molecular formula is C15H21N3O2. The SMILES string of the molecule is CC/C(C=C(C)C)=N\N(C)C1=CCC=C([N+](=O)[O-])C=C1. The molecule has 0 fully saturated rings. The van der Waals surface area contributed by atoms with Crippen LogP contribution in [-0.4, -0.2) is 22.7 Å². The Balaban J connectivity index is 2.89. The second-order valence-electron chi connectivity index (χ2n) is 4.77. The highest BCUT2D eigenvalue weighted by molar-refractivity contribution is 5.95. The number of likely N-dealkylation sites (N-methyl/N-ethyl adjacent to an activating group) is 1. The highest BCUT2D eigenvalue weighted by atomic mass is 16.6. The Bertz CT molecular complexity index is 521. The minimum Gasteiger partial charge on any atom is -0.269 e. The zero-order valence-corrected chi connectivity index (χ0v) is 12.5. The largest absolute Gasteiger partial charge is 0.269 e. The van der Waals surface area contributed by atoms with Crippen molar-refractivity contribution in [1.29, 1.82) is 0 Å². The highest BCUT2D eigenvalue weighted by Crippen LogP contribution is 2.14. The van der Waals surface area contributed by atoms with Gasteiger partial charge in [0.25, 0.3) is 5.70 Å². The van der Waals surface area contributed by atoms with Gasteiger partial charge >= 0.3 is 0 Å². The van der Waals surface area contributed by atoms with Gasteiger partial charge in [-0.25, -0.2) is 0 Å². The van der Waals surface area contributed by atoms with Crippen molar-refractivity contribution in [2.75, 3.05) is 7.05 Å². The van der Waals surface area contributed by atoms with Crippen LogP contribution in [-0.2, 0) is 0 Å². The standard InChI is InChI=1S/C15H21N3O2/c1-5-13(11-12(2)3)16-17(4)14-7-6-8-15(10-9-14)18(19)20/h7-11H,5-6H2,1-4H3/b16-13+. The summed E-state index contributed by atoms with van der Waals surface area (Å²) < 4.78 is 0. The van der Waals surface area contributed by atoms with Crippen molar-refractivity contribution in [2.45, 2.75) is 33.6 Å².